The number of nitrogens with zero attached hydrogens (tertiary/aromatic N) is 6. The second-order valence-corrected chi connectivity index (χ2v) is 27.5. The maximum atomic E-state index is 15.5. The molecule has 85 heavy (non-hydrogen) atoms. The highest BCUT2D eigenvalue weighted by Crippen LogP contribution is 2.53. The second kappa shape index (κ2) is 29.0. The first-order valence-electron chi connectivity index (χ1n) is 27.1. The number of aliphatic hydroxyl groups excluding tert-OH is 2. The van der Waals surface area contributed by atoms with Gasteiger partial charge in [-0.1, -0.05) is 110 Å². The molecule has 464 valence electrons. The number of anilines is 2. The highest BCUT2D eigenvalue weighted by atomic mass is 32.2. The molecule has 0 spiro atoms. The normalized spacial score (nSPS) is 23.6. The number of aliphatic hydroxyl groups is 2. The van der Waals surface area contributed by atoms with Crippen molar-refractivity contribution in [1.82, 2.24) is 24.3 Å². The third kappa shape index (κ3) is 16.7. The van der Waals surface area contributed by atoms with Crippen LogP contribution in [0.3, 0.4) is 0 Å². The molecule has 4 aromatic heterocycles. The number of phosphoric acid groups is 1. The van der Waals surface area contributed by atoms with Gasteiger partial charge in [0.05, 0.1) is 53.6 Å². The number of nitrogens with one attached hydrogen (secondary N) is 1. The molecular weight excluding hydrogens is 1190 g/mol. The number of esters is 1. The molecule has 0 aliphatic carbocycles. The van der Waals surface area contributed by atoms with E-state index in [-0.39, 0.29) is 64.6 Å². The molecule has 0 saturated carbocycles. The van der Waals surface area contributed by atoms with Crippen LogP contribution in [0.1, 0.15) is 98.8 Å². The van der Waals surface area contributed by atoms with Gasteiger partial charge in [-0.2, -0.15) is 25.8 Å². The Morgan fingerprint density at radius 3 is 1.61 bits per heavy atom. The molecule has 2 fully saturated rings. The second-order valence-electron chi connectivity index (χ2n) is 22.0. The monoisotopic (exact) mass is 1260 g/mol. The number of hydrogen-bond acceptors (Lipinski definition) is 23. The summed E-state index contributed by atoms with van der Waals surface area (Å²) < 4.78 is 106. The van der Waals surface area contributed by atoms with Gasteiger partial charge in [0.25, 0.3) is 0 Å². The molecule has 7 N–H and O–H groups in total. The van der Waals surface area contributed by atoms with E-state index in [4.69, 9.17) is 48.3 Å². The molecule has 2 aliphatic heterocycles. The van der Waals surface area contributed by atoms with Crippen LogP contribution in [0.4, 0.5) is 20.2 Å². The Morgan fingerprint density at radius 1 is 0.741 bits per heavy atom. The van der Waals surface area contributed by atoms with E-state index in [1.54, 1.807) is 96.1 Å². The van der Waals surface area contributed by atoms with Gasteiger partial charge in [0.15, 0.2) is 22.6 Å². The minimum absolute atomic E-state index is 0.107. The Labute approximate surface area is 500 Å². The lowest BCUT2D eigenvalue weighted by molar-refractivity contribution is -0.146. The van der Waals surface area contributed by atoms with Crippen molar-refractivity contribution in [2.45, 2.75) is 129 Å². The zero-order valence-electron chi connectivity index (χ0n) is 48.5. The molecule has 2 aliphatic rings. The van der Waals surface area contributed by atoms with Gasteiger partial charge in [-0.15, -0.1) is 0 Å². The molecule has 0 amide bonds. The first-order chi connectivity index (χ1) is 40.0. The predicted octanol–water partition coefficient (Wildman–Crippen LogP) is 8.83. The van der Waals surface area contributed by atoms with Crippen LogP contribution in [0.2, 0.25) is 0 Å². The van der Waals surface area contributed by atoms with Gasteiger partial charge in [0.2, 0.25) is 11.2 Å². The van der Waals surface area contributed by atoms with E-state index in [0.29, 0.717) is 22.4 Å². The van der Waals surface area contributed by atoms with Crippen molar-refractivity contribution in [2.24, 2.45) is 16.7 Å². The number of nitriles is 2. The summed E-state index contributed by atoms with van der Waals surface area (Å²) in [5.41, 5.74) is 8.30. The Hall–Kier alpha value is -5.55. The number of halogens is 2. The number of fused-ring (bicyclic) bond motifs is 2. The van der Waals surface area contributed by atoms with Crippen LogP contribution in [0.5, 0.6) is 5.75 Å². The number of phosphoric ester groups is 1. The fourth-order valence-electron chi connectivity index (χ4n) is 8.37. The Morgan fingerprint density at radius 2 is 1.19 bits per heavy atom. The number of carbonyl (C=O) groups excluding carboxylic acids is 3. The van der Waals surface area contributed by atoms with E-state index < -0.39 is 99.6 Å². The van der Waals surface area contributed by atoms with Crippen LogP contribution in [0.25, 0.3) is 11.0 Å². The van der Waals surface area contributed by atoms with Gasteiger partial charge in [-0.3, -0.25) is 32.5 Å². The van der Waals surface area contributed by atoms with Crippen LogP contribution in [-0.4, -0.2) is 132 Å². The molecule has 6 heterocycles. The molecule has 24 nitrogen and oxygen atoms in total. The number of alkyl halides is 2. The lowest BCUT2D eigenvalue weighted by atomic mass is 9.97. The van der Waals surface area contributed by atoms with Gasteiger partial charge >= 0.3 is 21.5 Å². The van der Waals surface area contributed by atoms with Crippen LogP contribution in [0.15, 0.2) is 79.1 Å². The van der Waals surface area contributed by atoms with Crippen LogP contribution >= 0.6 is 39.1 Å². The third-order valence-corrected chi connectivity index (χ3v) is 19.1. The number of carbonyl (C=O) groups is 3. The predicted molar refractivity (Wildman–Crippen MR) is 313 cm³/mol. The highest BCUT2D eigenvalue weighted by Gasteiger charge is 2.60. The van der Waals surface area contributed by atoms with Crippen LogP contribution in [-0.2, 0) is 55.8 Å². The summed E-state index contributed by atoms with van der Waals surface area (Å²) in [6.45, 7) is 14.0. The smallest absolute Gasteiger partial charge is 0.464 e. The van der Waals surface area contributed by atoms with Crippen molar-refractivity contribution >= 4 is 77.7 Å². The van der Waals surface area contributed by atoms with Crippen LogP contribution in [0, 0.1) is 39.4 Å². The quantitative estimate of drug-likeness (QED) is 0.0207. The van der Waals surface area contributed by atoms with Gasteiger partial charge in [-0.25, -0.2) is 26.9 Å². The van der Waals surface area contributed by atoms with E-state index >= 15 is 8.78 Å². The summed E-state index contributed by atoms with van der Waals surface area (Å²) in [7, 11) is -8.89. The molecule has 1 unspecified atom stereocenters. The Kier molecular flexibility index (Phi) is 23.4. The van der Waals surface area contributed by atoms with Crippen molar-refractivity contribution in [2.75, 3.05) is 56.0 Å². The minimum atomic E-state index is -4.45. The molecule has 1 aromatic carbocycles. The lowest BCUT2D eigenvalue weighted by Gasteiger charge is -2.28. The van der Waals surface area contributed by atoms with Crippen molar-refractivity contribution in [3.05, 3.63) is 90.5 Å². The summed E-state index contributed by atoms with van der Waals surface area (Å²) in [5.74, 6) is -0.135. The zero-order chi connectivity index (χ0) is 62.7. The average molecular weight is 1260 g/mol. The first kappa shape index (κ1) is 68.6. The van der Waals surface area contributed by atoms with Gasteiger partial charge in [0.1, 0.15) is 61.6 Å². The number of nitrogen functional groups attached to an aromatic ring is 2. The van der Waals surface area contributed by atoms with E-state index in [0.717, 1.165) is 36.4 Å². The fourth-order valence-corrected chi connectivity index (χ4v) is 12.9. The van der Waals surface area contributed by atoms with E-state index in [2.05, 4.69) is 15.3 Å². The summed E-state index contributed by atoms with van der Waals surface area (Å²) in [6.07, 6.45) is -6.53. The largest absolute Gasteiger partial charge is 0.474 e. The molecule has 10 atom stereocenters. The maximum Gasteiger partial charge on any atom is 0.474 e. The third-order valence-electron chi connectivity index (χ3n) is 13.5. The Balaban J connectivity index is 0.000000272. The molecular formula is C55H73F2N9O15P2S2. The maximum absolute atomic E-state index is 15.5. The number of aromatic nitrogens is 4. The number of thioether (sulfide) groups is 2. The van der Waals surface area contributed by atoms with Gasteiger partial charge in [0, 0.05) is 34.7 Å². The number of nitrogens with two attached hydrogens (primary N) is 2. The number of rotatable bonds is 25. The van der Waals surface area contributed by atoms with Crippen molar-refractivity contribution in [3.63, 3.8) is 0 Å². The molecule has 0 radical (unpaired) electrons. The summed E-state index contributed by atoms with van der Waals surface area (Å²) >= 11 is 1.96. The standard InChI is InChI=1S/C28H35FN5O7P.C27H38FN4O8PS2/c1-4-19(5-2)15-38-27(36)18(3)33-42(37,41-20-9-7-6-8-10-20)39-17-28(16-30)26(35)24(29)25(40-28)23-12-11-22-21(31)13-14-32-34(22)23;1-25(2,3)23(34)42-13-11-37-41(36,38-12-14-43-24(35)26(4,5)6)39-16-27(15-29)22(33)20(28)21(40-27)19-8-7-18-17(30)9-10-31-32(18)19/h6-14,18-19,24-26,35H,4-5,15,17,31H2,1-3H3,(H,33,37);7-10,20-22,33H,11-14,16,30H2,1-6H3/t18-,24-,25-,26-,28+,42?;20-,21-,22-,27+/m00/s1. The van der Waals surface area contributed by atoms with Gasteiger partial charge < -0.3 is 40.4 Å². The number of hydrogen-bond donors (Lipinski definition) is 5. The van der Waals surface area contributed by atoms with Crippen molar-refractivity contribution < 1.29 is 79.3 Å². The van der Waals surface area contributed by atoms with Crippen molar-refractivity contribution in [1.29, 1.82) is 10.5 Å². The van der Waals surface area contributed by atoms with E-state index in [9.17, 15) is 44.3 Å². The van der Waals surface area contributed by atoms with Gasteiger partial charge in [-0.05, 0) is 61.4 Å². The van der Waals surface area contributed by atoms with E-state index in [1.807, 2.05) is 13.8 Å². The minimum Gasteiger partial charge on any atom is -0.464 e. The molecule has 2 saturated heterocycles. The average Bonchev–Trinajstić information content (AvgIpc) is 1.78. The molecule has 5 aromatic rings. The molecule has 7 rings (SSSR count). The van der Waals surface area contributed by atoms with Crippen molar-refractivity contribution in [3.8, 4) is 17.9 Å². The Bertz CT molecular complexity index is 3260. The molecule has 0 bridgehead atoms. The SMILES string of the molecule is CC(C)(C)C(=O)SCCOP(=O)(OCCSC(=O)C(C)(C)C)OC[C@@]1(C#N)O[C@@H](c2ccc3c(N)ccnn23)[C@H](F)[C@@H]1O.CCC(CC)COC(=O)[C@H](C)NP(=O)(OC[C@@]1(C#N)O[C@@H](c2ccc3c(N)ccnn23)[C@H](F)[C@@H]1O)Oc1ccccc1. The van der Waals surface area contributed by atoms with Crippen LogP contribution < -0.4 is 21.1 Å². The number of ether oxygens (including phenoxy) is 3. The zero-order valence-corrected chi connectivity index (χ0v) is 51.9. The fraction of sp³-hybridized carbons (Fsp3) is 0.545. The first-order valence-corrected chi connectivity index (χ1v) is 32.1. The highest BCUT2D eigenvalue weighted by molar-refractivity contribution is 8.14. The number of para-hydroxylation sites is 1. The topological polar surface area (TPSA) is 346 Å². The van der Waals surface area contributed by atoms with E-state index in [1.165, 1.54) is 52.6 Å². The summed E-state index contributed by atoms with van der Waals surface area (Å²) in [5, 5.41) is 52.3. The lowest BCUT2D eigenvalue weighted by Crippen LogP contribution is -2.45. The summed E-state index contributed by atoms with van der Waals surface area (Å²) in [4.78, 5) is 37.2. The number of benzene rings is 1. The molecule has 30 heteroatoms. The summed E-state index contributed by atoms with van der Waals surface area (Å²) in [6, 6.07) is 19.8.